The Hall–Kier alpha value is -2.11. The fraction of sp³-hybridized carbons (Fsp3) is 0.516. The predicted octanol–water partition coefficient (Wildman–Crippen LogP) is 9.65. The van der Waals surface area contributed by atoms with Crippen LogP contribution in [0.5, 0.6) is 5.75 Å². The molecule has 0 aromatic heterocycles. The van der Waals surface area contributed by atoms with Crippen LogP contribution in [0.25, 0.3) is 0 Å². The van der Waals surface area contributed by atoms with Crippen molar-refractivity contribution in [3.05, 3.63) is 70.2 Å². The Morgan fingerprint density at radius 3 is 2.27 bits per heavy atom. The molecule has 0 fully saturated rings. The van der Waals surface area contributed by atoms with Crippen LogP contribution in [-0.4, -0.2) is 23.3 Å². The van der Waals surface area contributed by atoms with Gasteiger partial charge in [0.05, 0.1) is 23.2 Å². The number of nitrogens with zero attached hydrogens (tertiary/aromatic N) is 1. The zero-order chi connectivity index (χ0) is 26.1. The van der Waals surface area contributed by atoms with E-state index in [-0.39, 0.29) is 5.91 Å². The molecule has 6 heteroatoms. The summed E-state index contributed by atoms with van der Waals surface area (Å²) in [6, 6.07) is 13.2. The molecule has 1 heterocycles. The predicted molar refractivity (Wildman–Crippen MR) is 160 cm³/mol. The average Bonchev–Trinajstić information content (AvgIpc) is 3.42. The van der Waals surface area contributed by atoms with Gasteiger partial charge in [0.1, 0.15) is 5.75 Å². The molecule has 0 bridgehead atoms. The fourth-order valence-corrected chi connectivity index (χ4v) is 5.45. The number of ether oxygens (including phenoxy) is 1. The highest BCUT2D eigenvalue weighted by molar-refractivity contribution is 8.02. The van der Waals surface area contributed by atoms with E-state index in [4.69, 9.17) is 16.3 Å². The van der Waals surface area contributed by atoms with E-state index in [1.165, 1.54) is 70.6 Å². The maximum Gasteiger partial charge on any atom is 0.256 e. The second-order valence-corrected chi connectivity index (χ2v) is 11.1. The maximum atomic E-state index is 13.0. The number of anilines is 1. The van der Waals surface area contributed by atoms with Gasteiger partial charge in [-0.3, -0.25) is 4.79 Å². The molecule has 0 spiro atoms. The van der Waals surface area contributed by atoms with E-state index >= 15 is 0 Å². The Kier molecular flexibility index (Phi) is 13.9. The molecule has 0 saturated carbocycles. The van der Waals surface area contributed by atoms with Gasteiger partial charge in [-0.05, 0) is 35.6 Å². The highest BCUT2D eigenvalue weighted by Crippen LogP contribution is 2.28. The van der Waals surface area contributed by atoms with Gasteiger partial charge in [-0.1, -0.05) is 107 Å². The second kappa shape index (κ2) is 17.4. The largest absolute Gasteiger partial charge is 0.494 e. The standard InChI is InChI=1S/C31H43ClN2O2S/c1-2-3-4-5-6-7-8-9-10-11-12-15-21-36-27-18-19-30(29(32)23-27)33-31(35)28-17-14-13-16-26(28)24-34-20-22-37-25-34/h13-14,16-20,22-23H,2-12,15,21,24-25H2,1H3,(H,33,35). The van der Waals surface area contributed by atoms with E-state index in [1.54, 1.807) is 17.8 Å². The maximum absolute atomic E-state index is 13.0. The number of carbonyl (C=O) groups is 1. The summed E-state index contributed by atoms with van der Waals surface area (Å²) in [5, 5.41) is 5.53. The minimum absolute atomic E-state index is 0.154. The third-order valence-corrected chi connectivity index (χ3v) is 7.81. The summed E-state index contributed by atoms with van der Waals surface area (Å²) in [5.41, 5.74) is 2.25. The Labute approximate surface area is 233 Å². The van der Waals surface area contributed by atoms with Crippen LogP contribution in [0.2, 0.25) is 5.02 Å². The quantitative estimate of drug-likeness (QED) is 0.190. The molecule has 1 N–H and O–H groups in total. The molecule has 2 aromatic rings. The Balaban J connectivity index is 1.33. The molecule has 4 nitrogen and oxygen atoms in total. The van der Waals surface area contributed by atoms with Crippen molar-refractivity contribution in [2.24, 2.45) is 0 Å². The third kappa shape index (κ3) is 11.0. The van der Waals surface area contributed by atoms with Crippen LogP contribution in [-0.2, 0) is 6.54 Å². The molecule has 37 heavy (non-hydrogen) atoms. The first-order valence-corrected chi connectivity index (χ1v) is 15.4. The summed E-state index contributed by atoms with van der Waals surface area (Å²) in [7, 11) is 0. The Morgan fingerprint density at radius 2 is 1.62 bits per heavy atom. The van der Waals surface area contributed by atoms with E-state index in [0.29, 0.717) is 29.4 Å². The van der Waals surface area contributed by atoms with Crippen LogP contribution in [0.4, 0.5) is 5.69 Å². The van der Waals surface area contributed by atoms with Gasteiger partial charge in [0.15, 0.2) is 0 Å². The smallest absolute Gasteiger partial charge is 0.256 e. The van der Waals surface area contributed by atoms with E-state index in [1.807, 2.05) is 36.4 Å². The summed E-state index contributed by atoms with van der Waals surface area (Å²) in [5.74, 6) is 1.49. The number of halogens is 1. The first-order chi connectivity index (χ1) is 18.2. The molecule has 3 rings (SSSR count). The molecule has 1 amide bonds. The van der Waals surface area contributed by atoms with Crippen LogP contribution in [0.3, 0.4) is 0 Å². The molecule has 0 aliphatic carbocycles. The van der Waals surface area contributed by atoms with Crippen LogP contribution >= 0.6 is 23.4 Å². The van der Waals surface area contributed by atoms with Gasteiger partial charge >= 0.3 is 0 Å². The van der Waals surface area contributed by atoms with Crippen LogP contribution < -0.4 is 10.1 Å². The monoisotopic (exact) mass is 542 g/mol. The topological polar surface area (TPSA) is 41.6 Å². The summed E-state index contributed by atoms with van der Waals surface area (Å²) < 4.78 is 5.91. The number of carbonyl (C=O) groups excluding carboxylic acids is 1. The fourth-order valence-electron chi connectivity index (χ4n) is 4.52. The van der Waals surface area contributed by atoms with Crippen molar-refractivity contribution in [2.75, 3.05) is 17.8 Å². The number of benzene rings is 2. The van der Waals surface area contributed by atoms with Crippen molar-refractivity contribution >= 4 is 35.0 Å². The van der Waals surface area contributed by atoms with Crippen molar-refractivity contribution in [1.82, 2.24) is 4.90 Å². The van der Waals surface area contributed by atoms with E-state index in [0.717, 1.165) is 23.6 Å². The molecule has 202 valence electrons. The van der Waals surface area contributed by atoms with Gasteiger partial charge in [-0.2, -0.15) is 0 Å². The number of hydrogen-bond acceptors (Lipinski definition) is 4. The highest BCUT2D eigenvalue weighted by Gasteiger charge is 2.15. The lowest BCUT2D eigenvalue weighted by molar-refractivity contribution is 0.102. The molecule has 0 atom stereocenters. The number of amides is 1. The molecule has 2 aromatic carbocycles. The van der Waals surface area contributed by atoms with Crippen molar-refractivity contribution in [3.63, 3.8) is 0 Å². The first kappa shape index (κ1) is 29.4. The molecule has 0 saturated heterocycles. The van der Waals surface area contributed by atoms with Gasteiger partial charge in [0.25, 0.3) is 5.91 Å². The van der Waals surface area contributed by atoms with Gasteiger partial charge in [0.2, 0.25) is 0 Å². The molecular weight excluding hydrogens is 500 g/mol. The summed E-state index contributed by atoms with van der Waals surface area (Å²) in [6.45, 7) is 3.66. The second-order valence-electron chi connectivity index (χ2n) is 9.82. The van der Waals surface area contributed by atoms with Crippen molar-refractivity contribution in [1.29, 1.82) is 0 Å². The molecule has 0 unspecified atom stereocenters. The van der Waals surface area contributed by atoms with E-state index in [9.17, 15) is 4.79 Å². The molecule has 1 aliphatic heterocycles. The highest BCUT2D eigenvalue weighted by atomic mass is 35.5. The number of unbranched alkanes of at least 4 members (excludes halogenated alkanes) is 11. The van der Waals surface area contributed by atoms with Crippen LogP contribution in [0.1, 0.15) is 99.9 Å². The van der Waals surface area contributed by atoms with Gasteiger partial charge in [-0.25, -0.2) is 0 Å². The number of nitrogens with one attached hydrogen (secondary N) is 1. The molecular formula is C31H43ClN2O2S. The van der Waals surface area contributed by atoms with Crippen molar-refractivity contribution in [3.8, 4) is 5.75 Å². The lowest BCUT2D eigenvalue weighted by atomic mass is 10.1. The third-order valence-electron chi connectivity index (χ3n) is 6.70. The van der Waals surface area contributed by atoms with E-state index in [2.05, 4.69) is 28.7 Å². The first-order valence-electron chi connectivity index (χ1n) is 14.0. The minimum Gasteiger partial charge on any atom is -0.494 e. The minimum atomic E-state index is -0.154. The summed E-state index contributed by atoms with van der Waals surface area (Å²) in [4.78, 5) is 15.2. The average molecular weight is 543 g/mol. The Bertz CT molecular complexity index is 981. The molecule has 0 radical (unpaired) electrons. The van der Waals surface area contributed by atoms with Crippen LogP contribution in [0, 0.1) is 0 Å². The summed E-state index contributed by atoms with van der Waals surface area (Å²) in [6.07, 6.45) is 18.0. The number of rotatable bonds is 18. The lowest BCUT2D eigenvalue weighted by Crippen LogP contribution is -2.19. The number of thioether (sulfide) groups is 1. The van der Waals surface area contributed by atoms with Crippen molar-refractivity contribution in [2.45, 2.75) is 90.5 Å². The Morgan fingerprint density at radius 1 is 0.946 bits per heavy atom. The van der Waals surface area contributed by atoms with Crippen LogP contribution in [0.15, 0.2) is 54.1 Å². The summed E-state index contributed by atoms with van der Waals surface area (Å²) >= 11 is 8.23. The number of hydrogen-bond donors (Lipinski definition) is 1. The van der Waals surface area contributed by atoms with Gasteiger partial charge in [0, 0.05) is 24.4 Å². The zero-order valence-corrected chi connectivity index (χ0v) is 23.9. The van der Waals surface area contributed by atoms with Gasteiger partial charge in [-0.15, -0.1) is 11.8 Å². The SMILES string of the molecule is CCCCCCCCCCCCCCOc1ccc(NC(=O)c2ccccc2CN2C=CSC2)c(Cl)c1. The zero-order valence-electron chi connectivity index (χ0n) is 22.4. The molecule has 1 aliphatic rings. The normalized spacial score (nSPS) is 12.8. The lowest BCUT2D eigenvalue weighted by Gasteiger charge is -2.17. The van der Waals surface area contributed by atoms with Crippen molar-refractivity contribution < 1.29 is 9.53 Å². The van der Waals surface area contributed by atoms with Gasteiger partial charge < -0.3 is 15.0 Å². The van der Waals surface area contributed by atoms with E-state index < -0.39 is 0 Å².